The maximum Gasteiger partial charge on any atom is 0.128 e. The molecule has 0 spiro atoms. The highest BCUT2D eigenvalue weighted by atomic mass is 32.2. The van der Waals surface area contributed by atoms with Crippen LogP contribution in [-0.4, -0.2) is 35.3 Å². The van der Waals surface area contributed by atoms with Crippen LogP contribution >= 0.6 is 11.8 Å². The lowest BCUT2D eigenvalue weighted by molar-refractivity contribution is 0.617. The molecule has 0 bridgehead atoms. The van der Waals surface area contributed by atoms with E-state index >= 15 is 0 Å². The van der Waals surface area contributed by atoms with Gasteiger partial charge in [0.2, 0.25) is 0 Å². The first-order valence-electron chi connectivity index (χ1n) is 9.40. The van der Waals surface area contributed by atoms with Crippen molar-refractivity contribution in [1.82, 2.24) is 15.3 Å². The summed E-state index contributed by atoms with van der Waals surface area (Å²) < 4.78 is 0. The summed E-state index contributed by atoms with van der Waals surface area (Å²) in [4.78, 5) is 11.0. The second-order valence-electron chi connectivity index (χ2n) is 7.16. The molecule has 3 heterocycles. The normalized spacial score (nSPS) is 18.8. The van der Waals surface area contributed by atoms with Crippen LogP contribution in [0.2, 0.25) is 0 Å². The highest BCUT2D eigenvalue weighted by Gasteiger charge is 2.25. The zero-order valence-corrected chi connectivity index (χ0v) is 17.2. The number of pyridine rings is 2. The fraction of sp³-hybridized carbons (Fsp3) is 0.273. The van der Waals surface area contributed by atoms with Crippen molar-refractivity contribution in [2.24, 2.45) is 0 Å². The molecule has 0 saturated carbocycles. The summed E-state index contributed by atoms with van der Waals surface area (Å²) in [5.41, 5.74) is 4.81. The number of anilines is 2. The second kappa shape index (κ2) is 8.20. The van der Waals surface area contributed by atoms with Crippen LogP contribution in [0.5, 0.6) is 0 Å². The third-order valence-electron chi connectivity index (χ3n) is 4.80. The van der Waals surface area contributed by atoms with Gasteiger partial charge >= 0.3 is 0 Å². The van der Waals surface area contributed by atoms with E-state index in [1.165, 1.54) is 11.1 Å². The first-order valence-corrected chi connectivity index (χ1v) is 10.4. The van der Waals surface area contributed by atoms with Crippen molar-refractivity contribution >= 4 is 23.4 Å². The van der Waals surface area contributed by atoms with Gasteiger partial charge in [0.1, 0.15) is 17.1 Å². The van der Waals surface area contributed by atoms with E-state index < -0.39 is 0 Å². The van der Waals surface area contributed by atoms with E-state index in [9.17, 15) is 0 Å². The molecule has 1 saturated heterocycles. The Balaban J connectivity index is 1.40. The van der Waals surface area contributed by atoms with Crippen LogP contribution in [-0.2, 0) is 0 Å². The lowest BCUT2D eigenvalue weighted by atomic mass is 10.0. The maximum atomic E-state index is 4.52. The molecule has 2 aromatic heterocycles. The molecule has 6 heteroatoms. The first kappa shape index (κ1) is 18.8. The van der Waals surface area contributed by atoms with Gasteiger partial charge in [-0.3, -0.25) is 5.32 Å². The van der Waals surface area contributed by atoms with Crippen LogP contribution in [0.25, 0.3) is 11.1 Å². The van der Waals surface area contributed by atoms with Crippen molar-refractivity contribution in [3.8, 4) is 11.1 Å². The van der Waals surface area contributed by atoms with E-state index in [2.05, 4.69) is 50.9 Å². The van der Waals surface area contributed by atoms with Crippen molar-refractivity contribution in [3.05, 3.63) is 72.1 Å². The molecule has 28 heavy (non-hydrogen) atoms. The molecule has 1 aliphatic rings. The Labute approximate surface area is 170 Å². The van der Waals surface area contributed by atoms with E-state index in [0.29, 0.717) is 6.04 Å². The van der Waals surface area contributed by atoms with Gasteiger partial charge in [-0.15, -0.1) is 11.8 Å². The molecule has 1 aliphatic heterocycles. The van der Waals surface area contributed by atoms with Crippen LogP contribution < -0.4 is 15.5 Å². The van der Waals surface area contributed by atoms with E-state index in [-0.39, 0.29) is 5.50 Å². The van der Waals surface area contributed by atoms with Crippen LogP contribution in [0.1, 0.15) is 17.3 Å². The van der Waals surface area contributed by atoms with Gasteiger partial charge in [0, 0.05) is 43.3 Å². The molecule has 1 aromatic carbocycles. The lowest BCUT2D eigenvalue weighted by Gasteiger charge is -2.16. The highest BCUT2D eigenvalue weighted by molar-refractivity contribution is 8.00. The highest BCUT2D eigenvalue weighted by Crippen LogP contribution is 2.31. The van der Waals surface area contributed by atoms with Gasteiger partial charge in [-0.2, -0.15) is 0 Å². The van der Waals surface area contributed by atoms with Gasteiger partial charge < -0.3 is 10.2 Å². The zero-order chi connectivity index (χ0) is 19.5. The fourth-order valence-corrected chi connectivity index (χ4v) is 4.37. The summed E-state index contributed by atoms with van der Waals surface area (Å²) in [6, 6.07) is 19.3. The van der Waals surface area contributed by atoms with Gasteiger partial charge in [0.25, 0.3) is 0 Å². The van der Waals surface area contributed by atoms with E-state index in [4.69, 9.17) is 0 Å². The largest absolute Gasteiger partial charge is 0.363 e. The molecule has 5 nitrogen and oxygen atoms in total. The van der Waals surface area contributed by atoms with Gasteiger partial charge in [-0.25, -0.2) is 9.97 Å². The molecule has 3 aromatic rings. The van der Waals surface area contributed by atoms with Gasteiger partial charge in [-0.1, -0.05) is 30.3 Å². The summed E-state index contributed by atoms with van der Waals surface area (Å²) >= 11 is 1.87. The number of hydrogen-bond donors (Lipinski definition) is 2. The summed E-state index contributed by atoms with van der Waals surface area (Å²) in [5, 5.41) is 7.11. The summed E-state index contributed by atoms with van der Waals surface area (Å²) in [5.74, 6) is 2.91. The summed E-state index contributed by atoms with van der Waals surface area (Å²) in [6.07, 6.45) is 1.93. The lowest BCUT2D eigenvalue weighted by Crippen LogP contribution is -2.30. The number of nitrogens with one attached hydrogen (secondary N) is 2. The Morgan fingerprint density at radius 1 is 1.04 bits per heavy atom. The Hall–Kier alpha value is -2.57. The number of aryl methyl sites for hydroxylation is 1. The third-order valence-corrected chi connectivity index (χ3v) is 5.91. The van der Waals surface area contributed by atoms with Crippen molar-refractivity contribution < 1.29 is 0 Å². The van der Waals surface area contributed by atoms with E-state index in [1.54, 1.807) is 0 Å². The third kappa shape index (κ3) is 4.29. The van der Waals surface area contributed by atoms with E-state index in [0.717, 1.165) is 28.6 Å². The molecule has 2 N–H and O–H groups in total. The SMILES string of the molecule is Cc1cccc(NC2NC(c3ccc(-c4ccc(N(C)C)nc4)cc3)CS2)n1. The number of nitrogens with zero attached hydrogens (tertiary/aromatic N) is 3. The number of thioether (sulfide) groups is 1. The first-order chi connectivity index (χ1) is 13.6. The smallest absolute Gasteiger partial charge is 0.128 e. The molecule has 1 fully saturated rings. The second-order valence-corrected chi connectivity index (χ2v) is 8.30. The van der Waals surface area contributed by atoms with Crippen molar-refractivity contribution in [2.75, 3.05) is 30.1 Å². The van der Waals surface area contributed by atoms with Gasteiger partial charge in [0.05, 0.1) is 0 Å². The number of aromatic nitrogens is 2. The van der Waals surface area contributed by atoms with Crippen molar-refractivity contribution in [3.63, 3.8) is 0 Å². The molecular weight excluding hydrogens is 366 g/mol. The summed E-state index contributed by atoms with van der Waals surface area (Å²) in [6.45, 7) is 2.01. The molecule has 2 atom stereocenters. The van der Waals surface area contributed by atoms with Crippen LogP contribution in [0, 0.1) is 6.92 Å². The Morgan fingerprint density at radius 2 is 1.82 bits per heavy atom. The van der Waals surface area contributed by atoms with Crippen LogP contribution in [0.15, 0.2) is 60.8 Å². The Bertz CT molecular complexity index is 924. The van der Waals surface area contributed by atoms with Gasteiger partial charge in [-0.05, 0) is 42.3 Å². The molecule has 0 amide bonds. The molecule has 2 unspecified atom stereocenters. The predicted octanol–water partition coefficient (Wildman–Crippen LogP) is 4.29. The van der Waals surface area contributed by atoms with E-state index in [1.807, 2.05) is 68.1 Å². The molecule has 144 valence electrons. The predicted molar refractivity (Wildman–Crippen MR) is 119 cm³/mol. The quantitative estimate of drug-likeness (QED) is 0.677. The summed E-state index contributed by atoms with van der Waals surface area (Å²) in [7, 11) is 4.00. The molecule has 0 radical (unpaired) electrons. The topological polar surface area (TPSA) is 53.1 Å². The number of rotatable bonds is 5. The molecule has 4 rings (SSSR count). The minimum Gasteiger partial charge on any atom is -0.363 e. The average molecular weight is 392 g/mol. The Kier molecular flexibility index (Phi) is 5.50. The average Bonchev–Trinajstić information content (AvgIpc) is 3.17. The fourth-order valence-electron chi connectivity index (χ4n) is 3.23. The minimum absolute atomic E-state index is 0.168. The standard InChI is InChI=1S/C22H25N5S/c1-15-5-4-6-20(24-15)26-22-25-19(14-28-22)17-9-7-16(8-10-17)18-11-12-21(23-13-18)27(2)3/h4-13,19,22,25H,14H2,1-3H3,(H,24,26). The van der Waals surface area contributed by atoms with Crippen molar-refractivity contribution in [2.45, 2.75) is 18.5 Å². The van der Waals surface area contributed by atoms with Crippen molar-refractivity contribution in [1.29, 1.82) is 0 Å². The minimum atomic E-state index is 0.168. The molecule has 0 aliphatic carbocycles. The zero-order valence-electron chi connectivity index (χ0n) is 16.4. The van der Waals surface area contributed by atoms with Crippen LogP contribution in [0.3, 0.4) is 0 Å². The molecular formula is C22H25N5S. The van der Waals surface area contributed by atoms with Gasteiger partial charge in [0.15, 0.2) is 0 Å². The number of hydrogen-bond acceptors (Lipinski definition) is 6. The number of benzene rings is 1. The monoisotopic (exact) mass is 391 g/mol. The Morgan fingerprint density at radius 3 is 2.50 bits per heavy atom. The van der Waals surface area contributed by atoms with Crippen LogP contribution in [0.4, 0.5) is 11.6 Å². The maximum absolute atomic E-state index is 4.52.